The zero-order chi connectivity index (χ0) is 18.8. The molecule has 7 nitrogen and oxygen atoms in total. The summed E-state index contributed by atoms with van der Waals surface area (Å²) in [5.74, 6) is 0. The number of aromatic nitrogens is 2. The molecule has 1 saturated heterocycles. The number of aliphatic hydroxyl groups excluding tert-OH is 1. The third-order valence-electron chi connectivity index (χ3n) is 5.59. The smallest absolute Gasteiger partial charge is 0.322 e. The second-order valence-electron chi connectivity index (χ2n) is 7.53. The Morgan fingerprint density at radius 1 is 1.44 bits per heavy atom. The van der Waals surface area contributed by atoms with Crippen molar-refractivity contribution in [2.24, 2.45) is 7.05 Å². The van der Waals surface area contributed by atoms with Crippen LogP contribution in [0, 0.1) is 0 Å². The Labute approximate surface area is 159 Å². The summed E-state index contributed by atoms with van der Waals surface area (Å²) < 4.78 is 1.68. The summed E-state index contributed by atoms with van der Waals surface area (Å²) >= 11 is 0. The number of hydrogen-bond acceptors (Lipinski definition) is 4. The summed E-state index contributed by atoms with van der Waals surface area (Å²) in [4.78, 5) is 14.7. The minimum Gasteiger partial charge on any atom is -0.388 e. The molecule has 2 aromatic rings. The number of anilines is 1. The number of aryl methyl sites for hydroxylation is 1. The standard InChI is InChI=1S/C20H27N5O2/c1-24-13-16(12-22-24)19(26)10-18-3-2-8-25(18)20(27)23-17-5-4-14-6-7-21-11-15(14)9-17/h4-5,9,12-13,18-19,21,26H,2-3,6-8,10-11H2,1H3,(H,23,27). The number of rotatable bonds is 4. The van der Waals surface area contributed by atoms with Crippen LogP contribution in [-0.2, 0) is 20.0 Å². The number of likely N-dealkylation sites (tertiary alicyclic amines) is 1. The summed E-state index contributed by atoms with van der Waals surface area (Å²) in [6.45, 7) is 2.58. The van der Waals surface area contributed by atoms with Gasteiger partial charge in [0.1, 0.15) is 0 Å². The maximum absolute atomic E-state index is 12.8. The Hall–Kier alpha value is -2.38. The maximum Gasteiger partial charge on any atom is 0.322 e. The first kappa shape index (κ1) is 18.0. The first-order valence-electron chi connectivity index (χ1n) is 9.67. The number of carbonyl (C=O) groups excluding carboxylic acids is 1. The molecule has 1 aromatic heterocycles. The van der Waals surface area contributed by atoms with E-state index in [4.69, 9.17) is 0 Å². The highest BCUT2D eigenvalue weighted by Gasteiger charge is 2.31. The number of carbonyl (C=O) groups is 1. The molecule has 2 atom stereocenters. The highest BCUT2D eigenvalue weighted by Crippen LogP contribution is 2.28. The molecule has 1 fully saturated rings. The molecular weight excluding hydrogens is 342 g/mol. The Morgan fingerprint density at radius 2 is 2.33 bits per heavy atom. The molecular formula is C20H27N5O2. The van der Waals surface area contributed by atoms with Gasteiger partial charge in [-0.05, 0) is 55.5 Å². The van der Waals surface area contributed by atoms with Gasteiger partial charge in [0.25, 0.3) is 0 Å². The highest BCUT2D eigenvalue weighted by atomic mass is 16.3. The van der Waals surface area contributed by atoms with E-state index in [9.17, 15) is 9.90 Å². The molecule has 0 spiro atoms. The molecule has 7 heteroatoms. The Morgan fingerprint density at radius 3 is 3.15 bits per heavy atom. The highest BCUT2D eigenvalue weighted by molar-refractivity contribution is 5.89. The molecule has 3 N–H and O–H groups in total. The van der Waals surface area contributed by atoms with Crippen LogP contribution in [0.5, 0.6) is 0 Å². The molecule has 3 heterocycles. The maximum atomic E-state index is 12.8. The number of nitrogens with one attached hydrogen (secondary N) is 2. The molecule has 2 aliphatic heterocycles. The first-order chi connectivity index (χ1) is 13.1. The number of benzene rings is 1. The molecule has 2 amide bonds. The third-order valence-corrected chi connectivity index (χ3v) is 5.59. The molecule has 144 valence electrons. The monoisotopic (exact) mass is 369 g/mol. The van der Waals surface area contributed by atoms with Crippen LogP contribution < -0.4 is 10.6 Å². The van der Waals surface area contributed by atoms with E-state index in [1.807, 2.05) is 24.2 Å². The fraction of sp³-hybridized carbons (Fsp3) is 0.500. The normalized spacial score (nSPS) is 20.4. The van der Waals surface area contributed by atoms with Gasteiger partial charge < -0.3 is 20.6 Å². The van der Waals surface area contributed by atoms with Gasteiger partial charge in [-0.1, -0.05) is 6.07 Å². The van der Waals surface area contributed by atoms with Crippen molar-refractivity contribution in [3.63, 3.8) is 0 Å². The number of hydrogen-bond donors (Lipinski definition) is 3. The Kier molecular flexibility index (Phi) is 5.13. The predicted octanol–water partition coefficient (Wildman–Crippen LogP) is 2.19. The van der Waals surface area contributed by atoms with Crippen molar-refractivity contribution >= 4 is 11.7 Å². The zero-order valence-electron chi connectivity index (χ0n) is 15.7. The SMILES string of the molecule is Cn1cc(C(O)CC2CCCN2C(=O)Nc2ccc3c(c2)CNCC3)cn1. The summed E-state index contributed by atoms with van der Waals surface area (Å²) in [7, 11) is 1.83. The van der Waals surface area contributed by atoms with Crippen LogP contribution in [0.15, 0.2) is 30.6 Å². The van der Waals surface area contributed by atoms with Crippen molar-refractivity contribution < 1.29 is 9.90 Å². The van der Waals surface area contributed by atoms with E-state index < -0.39 is 6.10 Å². The van der Waals surface area contributed by atoms with E-state index in [1.165, 1.54) is 11.1 Å². The molecule has 2 aliphatic rings. The van der Waals surface area contributed by atoms with E-state index in [2.05, 4.69) is 27.9 Å². The van der Waals surface area contributed by atoms with Gasteiger partial charge in [0.05, 0.1) is 12.3 Å². The lowest BCUT2D eigenvalue weighted by Gasteiger charge is -2.27. The lowest BCUT2D eigenvalue weighted by atomic mass is 10.0. The second kappa shape index (κ2) is 7.70. The third kappa shape index (κ3) is 3.99. The minimum atomic E-state index is -0.605. The van der Waals surface area contributed by atoms with Crippen LogP contribution in [0.3, 0.4) is 0 Å². The van der Waals surface area contributed by atoms with Crippen molar-refractivity contribution in [1.82, 2.24) is 20.0 Å². The Bertz CT molecular complexity index is 818. The van der Waals surface area contributed by atoms with Gasteiger partial charge in [0.15, 0.2) is 0 Å². The van der Waals surface area contributed by atoms with Crippen LogP contribution in [0.1, 0.15) is 42.1 Å². The zero-order valence-corrected chi connectivity index (χ0v) is 15.7. The van der Waals surface area contributed by atoms with Gasteiger partial charge in [0, 0.05) is 43.6 Å². The van der Waals surface area contributed by atoms with Gasteiger partial charge in [-0.2, -0.15) is 5.10 Å². The molecule has 27 heavy (non-hydrogen) atoms. The van der Waals surface area contributed by atoms with Crippen molar-refractivity contribution in [3.05, 3.63) is 47.3 Å². The van der Waals surface area contributed by atoms with Gasteiger partial charge >= 0.3 is 6.03 Å². The summed E-state index contributed by atoms with van der Waals surface area (Å²) in [5, 5.41) is 21.0. The fourth-order valence-electron chi connectivity index (χ4n) is 4.11. The van der Waals surface area contributed by atoms with Gasteiger partial charge in [0.2, 0.25) is 0 Å². The quantitative estimate of drug-likeness (QED) is 0.772. The van der Waals surface area contributed by atoms with E-state index in [1.54, 1.807) is 10.9 Å². The lowest BCUT2D eigenvalue weighted by Crippen LogP contribution is -2.39. The van der Waals surface area contributed by atoms with E-state index in [0.29, 0.717) is 6.42 Å². The van der Waals surface area contributed by atoms with Crippen LogP contribution in [-0.4, -0.2) is 44.9 Å². The molecule has 0 radical (unpaired) electrons. The molecule has 2 unspecified atom stereocenters. The van der Waals surface area contributed by atoms with Crippen LogP contribution in [0.4, 0.5) is 10.5 Å². The van der Waals surface area contributed by atoms with Crippen LogP contribution >= 0.6 is 0 Å². The summed E-state index contributed by atoms with van der Waals surface area (Å²) in [6, 6.07) is 6.12. The first-order valence-corrected chi connectivity index (χ1v) is 9.67. The van der Waals surface area contributed by atoms with E-state index in [0.717, 1.165) is 50.1 Å². The fourth-order valence-corrected chi connectivity index (χ4v) is 4.11. The summed E-state index contributed by atoms with van der Waals surface area (Å²) in [6.07, 6.45) is 6.35. The second-order valence-corrected chi connectivity index (χ2v) is 7.53. The van der Waals surface area contributed by atoms with Crippen molar-refractivity contribution in [2.45, 2.75) is 44.4 Å². The number of amides is 2. The molecule has 0 aliphatic carbocycles. The van der Waals surface area contributed by atoms with Crippen LogP contribution in [0.25, 0.3) is 0 Å². The lowest BCUT2D eigenvalue weighted by molar-refractivity contribution is 0.129. The number of urea groups is 1. The number of nitrogens with zero attached hydrogens (tertiary/aromatic N) is 3. The molecule has 0 saturated carbocycles. The Balaban J connectivity index is 1.40. The minimum absolute atomic E-state index is 0.0412. The molecule has 1 aromatic carbocycles. The summed E-state index contributed by atoms with van der Waals surface area (Å²) in [5.41, 5.74) is 4.24. The van der Waals surface area contributed by atoms with Crippen molar-refractivity contribution in [3.8, 4) is 0 Å². The largest absolute Gasteiger partial charge is 0.388 e. The predicted molar refractivity (Wildman–Crippen MR) is 103 cm³/mol. The average molecular weight is 369 g/mol. The van der Waals surface area contributed by atoms with Crippen molar-refractivity contribution in [1.29, 1.82) is 0 Å². The average Bonchev–Trinajstić information content (AvgIpc) is 3.30. The van der Waals surface area contributed by atoms with Gasteiger partial charge in [-0.25, -0.2) is 4.79 Å². The number of fused-ring (bicyclic) bond motifs is 1. The van der Waals surface area contributed by atoms with Gasteiger partial charge in [-0.15, -0.1) is 0 Å². The topological polar surface area (TPSA) is 82.4 Å². The molecule has 4 rings (SSSR count). The number of aliphatic hydroxyl groups is 1. The van der Waals surface area contributed by atoms with Crippen LogP contribution in [0.2, 0.25) is 0 Å². The van der Waals surface area contributed by atoms with E-state index >= 15 is 0 Å². The van der Waals surface area contributed by atoms with Crippen molar-refractivity contribution in [2.75, 3.05) is 18.4 Å². The van der Waals surface area contributed by atoms with Gasteiger partial charge in [-0.3, -0.25) is 4.68 Å². The van der Waals surface area contributed by atoms with E-state index in [-0.39, 0.29) is 12.1 Å². The molecule has 0 bridgehead atoms.